The summed E-state index contributed by atoms with van der Waals surface area (Å²) in [5.41, 5.74) is 0.831. The zero-order chi connectivity index (χ0) is 17.4. The van der Waals surface area contributed by atoms with E-state index in [0.29, 0.717) is 19.0 Å². The van der Waals surface area contributed by atoms with E-state index in [1.54, 1.807) is 12.1 Å². The number of ether oxygens (including phenoxy) is 2. The number of hydrogen-bond acceptors (Lipinski definition) is 4. The van der Waals surface area contributed by atoms with Crippen LogP contribution in [0.25, 0.3) is 0 Å². The van der Waals surface area contributed by atoms with Crippen molar-refractivity contribution in [2.24, 2.45) is 5.92 Å². The van der Waals surface area contributed by atoms with Crippen LogP contribution in [0.5, 0.6) is 5.75 Å². The average Bonchev–Trinajstić information content (AvgIpc) is 3.06. The van der Waals surface area contributed by atoms with Gasteiger partial charge >= 0.3 is 6.61 Å². The second-order valence-electron chi connectivity index (χ2n) is 5.86. The van der Waals surface area contributed by atoms with Gasteiger partial charge in [-0.3, -0.25) is 9.69 Å². The maximum atomic E-state index is 12.1. The number of rotatable bonds is 9. The minimum atomic E-state index is -2.83. The topological polar surface area (TPSA) is 50.8 Å². The maximum absolute atomic E-state index is 12.1. The first kappa shape index (κ1) is 18.6. The molecule has 0 aromatic heterocycles. The molecule has 0 spiro atoms. The minimum Gasteiger partial charge on any atom is -0.435 e. The van der Waals surface area contributed by atoms with Crippen LogP contribution in [0.3, 0.4) is 0 Å². The molecule has 0 saturated carbocycles. The highest BCUT2D eigenvalue weighted by atomic mass is 19.3. The molecule has 0 aliphatic carbocycles. The number of alkyl halides is 2. The summed E-state index contributed by atoms with van der Waals surface area (Å²) in [6.07, 6.45) is 1.05. The summed E-state index contributed by atoms with van der Waals surface area (Å²) in [5, 5.41) is 2.85. The summed E-state index contributed by atoms with van der Waals surface area (Å²) < 4.78 is 33.8. The lowest BCUT2D eigenvalue weighted by molar-refractivity contribution is -0.122. The van der Waals surface area contributed by atoms with E-state index in [4.69, 9.17) is 4.74 Å². The van der Waals surface area contributed by atoms with Crippen LogP contribution >= 0.6 is 0 Å². The average molecular weight is 342 g/mol. The van der Waals surface area contributed by atoms with E-state index < -0.39 is 6.61 Å². The van der Waals surface area contributed by atoms with Gasteiger partial charge in [0.25, 0.3) is 0 Å². The fourth-order valence-corrected chi connectivity index (χ4v) is 2.65. The molecule has 1 aromatic carbocycles. The van der Waals surface area contributed by atoms with Gasteiger partial charge in [0.2, 0.25) is 5.91 Å². The van der Waals surface area contributed by atoms with Crippen molar-refractivity contribution < 1.29 is 23.0 Å². The predicted molar refractivity (Wildman–Crippen MR) is 86.0 cm³/mol. The third kappa shape index (κ3) is 6.41. The Morgan fingerprint density at radius 1 is 1.42 bits per heavy atom. The van der Waals surface area contributed by atoms with Crippen molar-refractivity contribution in [1.82, 2.24) is 10.2 Å². The first-order valence-electron chi connectivity index (χ1n) is 8.17. The summed E-state index contributed by atoms with van der Waals surface area (Å²) in [5.74, 6) is 0.555. The number of carbonyl (C=O) groups excluding carboxylic acids is 1. The molecule has 1 unspecified atom stereocenters. The van der Waals surface area contributed by atoms with Gasteiger partial charge in [-0.05, 0) is 36.6 Å². The van der Waals surface area contributed by atoms with Gasteiger partial charge in [-0.2, -0.15) is 8.78 Å². The molecule has 1 N–H and O–H groups in total. The van der Waals surface area contributed by atoms with Crippen LogP contribution in [0.2, 0.25) is 0 Å². The molecule has 1 aromatic rings. The van der Waals surface area contributed by atoms with Gasteiger partial charge in [0.1, 0.15) is 5.75 Å². The molecule has 134 valence electrons. The minimum absolute atomic E-state index is 0.0522. The van der Waals surface area contributed by atoms with Gasteiger partial charge in [0.15, 0.2) is 0 Å². The van der Waals surface area contributed by atoms with Crippen molar-refractivity contribution in [3.63, 3.8) is 0 Å². The molecular formula is C17H24F2N2O3. The number of hydrogen-bond donors (Lipinski definition) is 1. The SMILES string of the molecule is CCN(CC(=O)NCc1ccc(OC(F)F)cc1)CC1CCOC1. The van der Waals surface area contributed by atoms with Gasteiger partial charge in [-0.1, -0.05) is 19.1 Å². The molecule has 1 saturated heterocycles. The molecule has 5 nitrogen and oxygen atoms in total. The van der Waals surface area contributed by atoms with Crippen molar-refractivity contribution in [3.8, 4) is 5.75 Å². The van der Waals surface area contributed by atoms with Crippen molar-refractivity contribution >= 4 is 5.91 Å². The summed E-state index contributed by atoms with van der Waals surface area (Å²) in [6, 6.07) is 6.25. The quantitative estimate of drug-likeness (QED) is 0.748. The normalized spacial score (nSPS) is 17.5. The van der Waals surface area contributed by atoms with Gasteiger partial charge in [-0.25, -0.2) is 0 Å². The molecule has 2 rings (SSSR count). The van der Waals surface area contributed by atoms with Gasteiger partial charge < -0.3 is 14.8 Å². The highest BCUT2D eigenvalue weighted by molar-refractivity contribution is 5.78. The second-order valence-corrected chi connectivity index (χ2v) is 5.86. The van der Waals surface area contributed by atoms with E-state index in [1.807, 2.05) is 6.92 Å². The first-order valence-corrected chi connectivity index (χ1v) is 8.17. The van der Waals surface area contributed by atoms with Crippen LogP contribution in [0.1, 0.15) is 18.9 Å². The fraction of sp³-hybridized carbons (Fsp3) is 0.588. The zero-order valence-electron chi connectivity index (χ0n) is 13.8. The Kier molecular flexibility index (Phi) is 7.39. The number of carbonyl (C=O) groups is 1. The molecule has 1 heterocycles. The Labute approximate surface area is 140 Å². The number of likely N-dealkylation sites (N-methyl/N-ethyl adjacent to an activating group) is 1. The van der Waals surface area contributed by atoms with Crippen molar-refractivity contribution in [1.29, 1.82) is 0 Å². The van der Waals surface area contributed by atoms with Crippen molar-refractivity contribution in [3.05, 3.63) is 29.8 Å². The third-order valence-electron chi connectivity index (χ3n) is 3.99. The monoisotopic (exact) mass is 342 g/mol. The second kappa shape index (κ2) is 9.54. The smallest absolute Gasteiger partial charge is 0.387 e. The van der Waals surface area contributed by atoms with E-state index >= 15 is 0 Å². The predicted octanol–water partition coefficient (Wildman–Crippen LogP) is 2.26. The van der Waals surface area contributed by atoms with E-state index in [2.05, 4.69) is 15.0 Å². The maximum Gasteiger partial charge on any atom is 0.387 e. The largest absolute Gasteiger partial charge is 0.435 e. The zero-order valence-corrected chi connectivity index (χ0v) is 13.8. The number of nitrogens with one attached hydrogen (secondary N) is 1. The highest BCUT2D eigenvalue weighted by Crippen LogP contribution is 2.15. The van der Waals surface area contributed by atoms with E-state index in [9.17, 15) is 13.6 Å². The first-order chi connectivity index (χ1) is 11.6. The number of halogens is 2. The Morgan fingerprint density at radius 2 is 2.17 bits per heavy atom. The van der Waals surface area contributed by atoms with Crippen molar-refractivity contribution in [2.45, 2.75) is 26.5 Å². The third-order valence-corrected chi connectivity index (χ3v) is 3.99. The number of benzene rings is 1. The molecule has 0 bridgehead atoms. The van der Waals surface area contributed by atoms with Gasteiger partial charge in [0.05, 0.1) is 13.2 Å². The molecule has 7 heteroatoms. The lowest BCUT2D eigenvalue weighted by Crippen LogP contribution is -2.39. The lowest BCUT2D eigenvalue weighted by atomic mass is 10.1. The van der Waals surface area contributed by atoms with E-state index in [-0.39, 0.29) is 11.7 Å². The van der Waals surface area contributed by atoms with Gasteiger partial charge in [-0.15, -0.1) is 0 Å². The van der Waals surface area contributed by atoms with Crippen LogP contribution in [0.4, 0.5) is 8.78 Å². The van der Waals surface area contributed by atoms with Gasteiger partial charge in [0, 0.05) is 19.7 Å². The van der Waals surface area contributed by atoms with E-state index in [1.165, 1.54) is 12.1 Å². The van der Waals surface area contributed by atoms with Crippen LogP contribution in [-0.2, 0) is 16.1 Å². The summed E-state index contributed by atoms with van der Waals surface area (Å²) in [4.78, 5) is 14.2. The fourth-order valence-electron chi connectivity index (χ4n) is 2.65. The number of amides is 1. The van der Waals surface area contributed by atoms with Crippen LogP contribution in [0, 0.1) is 5.92 Å². The van der Waals surface area contributed by atoms with Crippen molar-refractivity contribution in [2.75, 3.05) is 32.8 Å². The Hall–Kier alpha value is -1.73. The molecule has 1 amide bonds. The molecule has 1 aliphatic rings. The van der Waals surface area contributed by atoms with Crippen LogP contribution < -0.4 is 10.1 Å². The number of nitrogens with zero attached hydrogens (tertiary/aromatic N) is 1. The van der Waals surface area contributed by atoms with E-state index in [0.717, 1.165) is 38.3 Å². The molecule has 1 aliphatic heterocycles. The summed E-state index contributed by atoms with van der Waals surface area (Å²) in [6.45, 7) is 3.15. The Morgan fingerprint density at radius 3 is 2.75 bits per heavy atom. The standard InChI is InChI=1S/C17H24F2N2O3/c1-2-21(10-14-7-8-23-12-14)11-16(22)20-9-13-3-5-15(6-4-13)24-17(18)19/h3-6,14,17H,2,7-12H2,1H3,(H,20,22). The Balaban J connectivity index is 1.73. The molecule has 1 fully saturated rings. The summed E-state index contributed by atoms with van der Waals surface area (Å²) in [7, 11) is 0. The molecule has 1 atom stereocenters. The highest BCUT2D eigenvalue weighted by Gasteiger charge is 2.19. The molecule has 0 radical (unpaired) electrons. The van der Waals surface area contributed by atoms with Crippen LogP contribution in [-0.4, -0.2) is 50.3 Å². The van der Waals surface area contributed by atoms with Crippen LogP contribution in [0.15, 0.2) is 24.3 Å². The molecule has 24 heavy (non-hydrogen) atoms. The molecular weight excluding hydrogens is 318 g/mol. The lowest BCUT2D eigenvalue weighted by Gasteiger charge is -2.22. The Bertz CT molecular complexity index is 505. The summed E-state index contributed by atoms with van der Waals surface area (Å²) >= 11 is 0.